The van der Waals surface area contributed by atoms with Gasteiger partial charge in [0, 0.05) is 5.88 Å². The molecule has 1 rings (SSSR count). The fourth-order valence-corrected chi connectivity index (χ4v) is 2.10. The van der Waals surface area contributed by atoms with Crippen LogP contribution in [0.5, 0.6) is 0 Å². The van der Waals surface area contributed by atoms with Crippen LogP contribution in [0, 0.1) is 0 Å². The normalized spacial score (nSPS) is 12.8. The maximum Gasteiger partial charge on any atom is 0.416 e. The second-order valence-electron chi connectivity index (χ2n) is 2.89. The molecule has 0 aliphatic heterocycles. The van der Waals surface area contributed by atoms with Crippen molar-refractivity contribution in [2.75, 3.05) is 0 Å². The summed E-state index contributed by atoms with van der Waals surface area (Å²) < 4.78 is 70.6. The van der Waals surface area contributed by atoms with Crippen LogP contribution in [0.4, 0.5) is 17.1 Å². The molecule has 1 aromatic rings. The predicted molar refractivity (Wildman–Crippen MR) is 49.3 cm³/mol. The Bertz CT molecular complexity index is 495. The summed E-state index contributed by atoms with van der Waals surface area (Å²) in [4.78, 5) is -1.04. The Hall–Kier alpha value is -0.820. The summed E-state index contributed by atoms with van der Waals surface area (Å²) in [6, 6.07) is 1.71. The Balaban J connectivity index is 3.46. The average molecular weight is 277 g/mol. The third-order valence-corrected chi connectivity index (χ3v) is 2.99. The smallest absolute Gasteiger partial charge is 0.189 e. The van der Waals surface area contributed by atoms with Gasteiger partial charge in [0.25, 0.3) is 0 Å². The Morgan fingerprint density at radius 3 is 2.19 bits per heavy atom. The summed E-state index contributed by atoms with van der Waals surface area (Å²) >= 11 is 5.29. The van der Waals surface area contributed by atoms with Crippen molar-refractivity contribution in [2.24, 2.45) is 0 Å². The standard InChI is InChI=1S/C8H5ClF4O2S/c9-4-5-1-2-6(8(10,11)12)3-7(5)16(13,14)15/h1-3H,4H2. The maximum atomic E-state index is 12.7. The van der Waals surface area contributed by atoms with E-state index in [-0.39, 0.29) is 11.6 Å². The molecule has 2 nitrogen and oxygen atoms in total. The van der Waals surface area contributed by atoms with E-state index in [2.05, 4.69) is 0 Å². The van der Waals surface area contributed by atoms with Crippen LogP contribution in [0.15, 0.2) is 23.1 Å². The Labute approximate surface area is 94.0 Å². The van der Waals surface area contributed by atoms with Crippen LogP contribution in [0.1, 0.15) is 11.1 Å². The highest BCUT2D eigenvalue weighted by Gasteiger charge is 2.32. The molecule has 0 aromatic heterocycles. The molecule has 16 heavy (non-hydrogen) atoms. The van der Waals surface area contributed by atoms with Crippen LogP contribution < -0.4 is 0 Å². The third-order valence-electron chi connectivity index (χ3n) is 1.80. The molecule has 0 unspecified atom stereocenters. The van der Waals surface area contributed by atoms with Gasteiger partial charge < -0.3 is 0 Å². The van der Waals surface area contributed by atoms with Crippen molar-refractivity contribution < 1.29 is 25.5 Å². The van der Waals surface area contributed by atoms with Gasteiger partial charge in [-0.05, 0) is 17.7 Å². The molecule has 0 atom stereocenters. The molecule has 0 aliphatic carbocycles. The highest BCUT2D eigenvalue weighted by atomic mass is 35.5. The van der Waals surface area contributed by atoms with Crippen molar-refractivity contribution in [2.45, 2.75) is 17.0 Å². The van der Waals surface area contributed by atoms with Gasteiger partial charge in [0.05, 0.1) is 5.56 Å². The quantitative estimate of drug-likeness (QED) is 0.472. The second-order valence-corrected chi connectivity index (χ2v) is 4.47. The summed E-state index contributed by atoms with van der Waals surface area (Å²) in [6.07, 6.45) is -4.73. The van der Waals surface area contributed by atoms with Crippen LogP contribution in [-0.2, 0) is 22.3 Å². The SMILES string of the molecule is O=S(=O)(F)c1cc(C(F)(F)F)ccc1CCl. The highest BCUT2D eigenvalue weighted by Crippen LogP contribution is 2.32. The Morgan fingerprint density at radius 2 is 1.81 bits per heavy atom. The summed E-state index contributed by atoms with van der Waals surface area (Å²) in [5.74, 6) is -0.392. The summed E-state index contributed by atoms with van der Waals surface area (Å²) in [5.41, 5.74) is -1.45. The van der Waals surface area contributed by atoms with Gasteiger partial charge >= 0.3 is 16.4 Å². The van der Waals surface area contributed by atoms with Crippen LogP contribution in [0.25, 0.3) is 0 Å². The number of rotatable bonds is 2. The monoisotopic (exact) mass is 276 g/mol. The second kappa shape index (κ2) is 4.21. The van der Waals surface area contributed by atoms with Gasteiger partial charge in [0.15, 0.2) is 0 Å². The zero-order valence-corrected chi connectivity index (χ0v) is 9.13. The van der Waals surface area contributed by atoms with E-state index in [1.165, 1.54) is 0 Å². The number of hydrogen-bond acceptors (Lipinski definition) is 2. The van der Waals surface area contributed by atoms with E-state index in [1.807, 2.05) is 0 Å². The molecule has 1 aromatic carbocycles. The van der Waals surface area contributed by atoms with E-state index in [9.17, 15) is 25.5 Å². The minimum atomic E-state index is -5.21. The first kappa shape index (κ1) is 13.2. The van der Waals surface area contributed by atoms with E-state index in [0.717, 1.165) is 6.07 Å². The number of hydrogen-bond donors (Lipinski definition) is 0. The molecule has 0 radical (unpaired) electrons. The van der Waals surface area contributed by atoms with Gasteiger partial charge in [0.1, 0.15) is 4.90 Å². The lowest BCUT2D eigenvalue weighted by atomic mass is 10.1. The summed E-state index contributed by atoms with van der Waals surface area (Å²) in [7, 11) is -5.21. The van der Waals surface area contributed by atoms with Crippen molar-refractivity contribution in [3.05, 3.63) is 29.3 Å². The third kappa shape index (κ3) is 2.85. The van der Waals surface area contributed by atoms with Gasteiger partial charge in [-0.1, -0.05) is 6.07 Å². The van der Waals surface area contributed by atoms with Crippen molar-refractivity contribution >= 4 is 21.8 Å². The molecule has 0 saturated carbocycles. The predicted octanol–water partition coefficient (Wildman–Crippen LogP) is 3.10. The van der Waals surface area contributed by atoms with Gasteiger partial charge in [-0.2, -0.15) is 21.6 Å². The lowest BCUT2D eigenvalue weighted by Crippen LogP contribution is -2.07. The minimum absolute atomic E-state index is 0.211. The van der Waals surface area contributed by atoms with E-state index in [0.29, 0.717) is 6.07 Å². The molecule has 0 fully saturated rings. The zero-order valence-electron chi connectivity index (χ0n) is 7.55. The summed E-state index contributed by atoms with van der Waals surface area (Å²) in [6.45, 7) is 0. The van der Waals surface area contributed by atoms with Crippen molar-refractivity contribution in [1.29, 1.82) is 0 Å². The molecule has 0 N–H and O–H groups in total. The first-order valence-electron chi connectivity index (χ1n) is 3.87. The average Bonchev–Trinajstić information content (AvgIpc) is 2.14. The van der Waals surface area contributed by atoms with E-state index < -0.39 is 32.7 Å². The topological polar surface area (TPSA) is 34.1 Å². The van der Waals surface area contributed by atoms with Gasteiger partial charge in [0.2, 0.25) is 0 Å². The highest BCUT2D eigenvalue weighted by molar-refractivity contribution is 7.86. The molecule has 0 heterocycles. The molecule has 90 valence electrons. The van der Waals surface area contributed by atoms with Crippen LogP contribution >= 0.6 is 11.6 Å². The van der Waals surface area contributed by atoms with Gasteiger partial charge in [-0.15, -0.1) is 15.5 Å². The van der Waals surface area contributed by atoms with Crippen molar-refractivity contribution in [1.82, 2.24) is 0 Å². The molecule has 0 aliphatic rings. The molecule has 0 bridgehead atoms. The first-order valence-corrected chi connectivity index (χ1v) is 5.79. The van der Waals surface area contributed by atoms with Crippen molar-refractivity contribution in [3.63, 3.8) is 0 Å². The lowest BCUT2D eigenvalue weighted by molar-refractivity contribution is -0.137. The molecular weight excluding hydrogens is 272 g/mol. The summed E-state index contributed by atoms with van der Waals surface area (Å²) in [5, 5.41) is 0. The van der Waals surface area contributed by atoms with Gasteiger partial charge in [-0.25, -0.2) is 0 Å². The minimum Gasteiger partial charge on any atom is -0.189 e. The zero-order chi connectivity index (χ0) is 12.6. The van der Waals surface area contributed by atoms with E-state index in [1.54, 1.807) is 0 Å². The molecule has 0 saturated heterocycles. The number of benzene rings is 1. The van der Waals surface area contributed by atoms with Crippen LogP contribution in [0.2, 0.25) is 0 Å². The van der Waals surface area contributed by atoms with Crippen molar-refractivity contribution in [3.8, 4) is 0 Å². The number of halogens is 5. The Morgan fingerprint density at radius 1 is 1.25 bits per heavy atom. The fourth-order valence-electron chi connectivity index (χ4n) is 1.07. The molecule has 0 amide bonds. The number of alkyl halides is 4. The Kier molecular flexibility index (Phi) is 3.49. The maximum absolute atomic E-state index is 12.7. The van der Waals surface area contributed by atoms with E-state index >= 15 is 0 Å². The molecule has 8 heteroatoms. The molecular formula is C8H5ClF4O2S. The van der Waals surface area contributed by atoms with Crippen LogP contribution in [-0.4, -0.2) is 8.42 Å². The lowest BCUT2D eigenvalue weighted by Gasteiger charge is -2.09. The van der Waals surface area contributed by atoms with Crippen LogP contribution in [0.3, 0.4) is 0 Å². The molecule has 0 spiro atoms. The fraction of sp³-hybridized carbons (Fsp3) is 0.250. The first-order chi connectivity index (χ1) is 7.16. The van der Waals surface area contributed by atoms with E-state index in [4.69, 9.17) is 11.6 Å². The van der Waals surface area contributed by atoms with Gasteiger partial charge in [-0.3, -0.25) is 0 Å². The largest absolute Gasteiger partial charge is 0.416 e.